The van der Waals surface area contributed by atoms with Gasteiger partial charge in [-0.3, -0.25) is 23.9 Å². The molecule has 0 spiro atoms. The normalized spacial score (nSPS) is 21.7. The van der Waals surface area contributed by atoms with Crippen LogP contribution in [0.25, 0.3) is 0 Å². The molecule has 2 N–H and O–H groups in total. The van der Waals surface area contributed by atoms with Crippen molar-refractivity contribution in [3.63, 3.8) is 0 Å². The van der Waals surface area contributed by atoms with Crippen molar-refractivity contribution in [1.29, 1.82) is 0 Å². The maximum absolute atomic E-state index is 12.2. The molecule has 1 aliphatic heterocycles. The van der Waals surface area contributed by atoms with Gasteiger partial charge in [0.2, 0.25) is 5.91 Å². The van der Waals surface area contributed by atoms with Gasteiger partial charge in [0.25, 0.3) is 5.56 Å². The molecule has 1 aromatic heterocycles. The number of carbonyl (C=O) groups is 3. The standard InChI is InChI=1S/C18H25N3O8S/c1-9-6-21(18(26)20-16(9)24)15-5-13(28-11(3)23)14(29-15)8-30-7-12(17(25)27-4)19-10(2)22/h6,12-15H,5,7-8H2,1-4H3,(H,19,22)(H,20,24,26)/t12?,13-,14+,15+/m0/s1. The van der Waals surface area contributed by atoms with E-state index in [2.05, 4.69) is 15.0 Å². The van der Waals surface area contributed by atoms with Crippen molar-refractivity contribution in [2.24, 2.45) is 0 Å². The Hall–Kier alpha value is -2.60. The second-order valence-electron chi connectivity index (χ2n) is 6.81. The van der Waals surface area contributed by atoms with Crippen molar-refractivity contribution in [3.8, 4) is 0 Å². The third-order valence-corrected chi connectivity index (χ3v) is 5.52. The summed E-state index contributed by atoms with van der Waals surface area (Å²) in [5.41, 5.74) is -0.761. The van der Waals surface area contributed by atoms with Crippen LogP contribution < -0.4 is 16.6 Å². The van der Waals surface area contributed by atoms with Crippen LogP contribution in [0.2, 0.25) is 0 Å². The van der Waals surface area contributed by atoms with Crippen LogP contribution in [0.4, 0.5) is 0 Å². The molecule has 0 aliphatic carbocycles. The molecule has 4 atom stereocenters. The van der Waals surface area contributed by atoms with E-state index in [0.29, 0.717) is 11.3 Å². The van der Waals surface area contributed by atoms with E-state index in [1.165, 1.54) is 43.5 Å². The van der Waals surface area contributed by atoms with Crippen molar-refractivity contribution in [2.75, 3.05) is 18.6 Å². The molecule has 1 aromatic rings. The molecule has 166 valence electrons. The van der Waals surface area contributed by atoms with Crippen molar-refractivity contribution in [2.45, 2.75) is 51.7 Å². The Kier molecular flexibility index (Phi) is 8.24. The number of esters is 2. The van der Waals surface area contributed by atoms with Crippen LogP contribution >= 0.6 is 11.8 Å². The van der Waals surface area contributed by atoms with Crippen molar-refractivity contribution < 1.29 is 28.6 Å². The Bertz CT molecular complexity index is 911. The first-order valence-electron chi connectivity index (χ1n) is 9.19. The molecular weight excluding hydrogens is 418 g/mol. The number of ether oxygens (including phenoxy) is 3. The minimum absolute atomic E-state index is 0.223. The zero-order valence-electron chi connectivity index (χ0n) is 17.1. The lowest BCUT2D eigenvalue weighted by Gasteiger charge is -2.20. The molecule has 12 heteroatoms. The van der Waals surface area contributed by atoms with E-state index in [1.807, 2.05) is 0 Å². The van der Waals surface area contributed by atoms with Gasteiger partial charge in [-0.15, -0.1) is 0 Å². The van der Waals surface area contributed by atoms with Gasteiger partial charge in [0.05, 0.1) is 7.11 Å². The summed E-state index contributed by atoms with van der Waals surface area (Å²) in [5.74, 6) is -0.877. The number of aromatic nitrogens is 2. The number of methoxy groups -OCH3 is 1. The van der Waals surface area contributed by atoms with E-state index in [0.717, 1.165) is 0 Å². The summed E-state index contributed by atoms with van der Waals surface area (Å²) in [4.78, 5) is 60.5. The van der Waals surface area contributed by atoms with Gasteiger partial charge < -0.3 is 19.5 Å². The Morgan fingerprint density at radius 1 is 1.37 bits per heavy atom. The van der Waals surface area contributed by atoms with Crippen LogP contribution in [-0.2, 0) is 28.6 Å². The number of rotatable bonds is 8. The SMILES string of the molecule is COC(=O)C(CSC[C@H]1O[C@@H](n2cc(C)c(=O)[nH]c2=O)C[C@@H]1OC(C)=O)NC(C)=O. The molecule has 30 heavy (non-hydrogen) atoms. The summed E-state index contributed by atoms with van der Waals surface area (Å²) in [5, 5.41) is 2.51. The number of aryl methyl sites for hydroxylation is 1. The van der Waals surface area contributed by atoms with Crippen LogP contribution in [0.5, 0.6) is 0 Å². The number of nitrogens with one attached hydrogen (secondary N) is 2. The van der Waals surface area contributed by atoms with Gasteiger partial charge in [0, 0.05) is 43.5 Å². The molecule has 1 amide bonds. The number of thioether (sulfide) groups is 1. The summed E-state index contributed by atoms with van der Waals surface area (Å²) >= 11 is 1.31. The highest BCUT2D eigenvalue weighted by molar-refractivity contribution is 7.99. The molecule has 0 saturated carbocycles. The Balaban J connectivity index is 2.09. The van der Waals surface area contributed by atoms with Crippen molar-refractivity contribution in [1.82, 2.24) is 14.9 Å². The van der Waals surface area contributed by atoms with E-state index in [9.17, 15) is 24.0 Å². The molecule has 1 unspecified atom stereocenters. The third kappa shape index (κ3) is 6.20. The molecule has 11 nitrogen and oxygen atoms in total. The second kappa shape index (κ2) is 10.4. The average Bonchev–Trinajstić information content (AvgIpc) is 3.04. The first-order chi connectivity index (χ1) is 14.1. The minimum Gasteiger partial charge on any atom is -0.467 e. The first kappa shape index (κ1) is 23.7. The van der Waals surface area contributed by atoms with Crippen LogP contribution in [0.15, 0.2) is 15.8 Å². The van der Waals surface area contributed by atoms with Crippen LogP contribution in [0.3, 0.4) is 0 Å². The zero-order valence-corrected chi connectivity index (χ0v) is 17.9. The second-order valence-corrected chi connectivity index (χ2v) is 7.88. The quantitative estimate of drug-likeness (QED) is 0.507. The fraction of sp³-hybridized carbons (Fsp3) is 0.611. The predicted octanol–water partition coefficient (Wildman–Crippen LogP) is -0.525. The molecule has 0 aromatic carbocycles. The Morgan fingerprint density at radius 3 is 2.67 bits per heavy atom. The minimum atomic E-state index is -0.827. The molecule has 2 rings (SSSR count). The lowest BCUT2D eigenvalue weighted by Crippen LogP contribution is -2.42. The number of carbonyl (C=O) groups excluding carboxylic acids is 3. The number of nitrogens with zero attached hydrogens (tertiary/aromatic N) is 1. The summed E-state index contributed by atoms with van der Waals surface area (Å²) in [6, 6.07) is -0.827. The number of H-pyrrole nitrogens is 1. The summed E-state index contributed by atoms with van der Waals surface area (Å²) < 4.78 is 17.2. The van der Waals surface area contributed by atoms with E-state index < -0.39 is 47.7 Å². The van der Waals surface area contributed by atoms with Gasteiger partial charge in [0.1, 0.15) is 24.5 Å². The third-order valence-electron chi connectivity index (χ3n) is 4.38. The van der Waals surface area contributed by atoms with Crippen LogP contribution in [0, 0.1) is 6.92 Å². The number of amides is 1. The molecule has 2 heterocycles. The Morgan fingerprint density at radius 2 is 2.07 bits per heavy atom. The molecular formula is C18H25N3O8S. The summed E-state index contributed by atoms with van der Waals surface area (Å²) in [6.45, 7) is 4.14. The molecule has 0 bridgehead atoms. The fourth-order valence-corrected chi connectivity index (χ4v) is 4.13. The van der Waals surface area contributed by atoms with Gasteiger partial charge >= 0.3 is 17.6 Å². The summed E-state index contributed by atoms with van der Waals surface area (Å²) in [7, 11) is 1.23. The molecule has 1 fully saturated rings. The van der Waals surface area contributed by atoms with Gasteiger partial charge in [0.15, 0.2) is 0 Å². The van der Waals surface area contributed by atoms with Crippen LogP contribution in [-0.4, -0.2) is 64.3 Å². The van der Waals surface area contributed by atoms with Crippen molar-refractivity contribution >= 4 is 29.6 Å². The van der Waals surface area contributed by atoms with Gasteiger partial charge in [-0.1, -0.05) is 0 Å². The first-order valence-corrected chi connectivity index (χ1v) is 10.3. The number of hydrogen-bond donors (Lipinski definition) is 2. The van der Waals surface area contributed by atoms with E-state index in [1.54, 1.807) is 6.92 Å². The Labute approximate surface area is 176 Å². The molecule has 1 saturated heterocycles. The average molecular weight is 443 g/mol. The fourth-order valence-electron chi connectivity index (χ4n) is 3.02. The molecule has 0 radical (unpaired) electrons. The monoisotopic (exact) mass is 443 g/mol. The van der Waals surface area contributed by atoms with Gasteiger partial charge in [-0.2, -0.15) is 11.8 Å². The van der Waals surface area contributed by atoms with Gasteiger partial charge in [-0.05, 0) is 6.92 Å². The van der Waals surface area contributed by atoms with E-state index in [4.69, 9.17) is 9.47 Å². The maximum atomic E-state index is 12.2. The summed E-state index contributed by atoms with van der Waals surface area (Å²) in [6.07, 6.45) is -0.275. The predicted molar refractivity (Wildman–Crippen MR) is 107 cm³/mol. The zero-order chi connectivity index (χ0) is 22.4. The smallest absolute Gasteiger partial charge is 0.330 e. The largest absolute Gasteiger partial charge is 0.467 e. The van der Waals surface area contributed by atoms with Gasteiger partial charge in [-0.25, -0.2) is 9.59 Å². The lowest BCUT2D eigenvalue weighted by atomic mass is 10.2. The number of hydrogen-bond acceptors (Lipinski definition) is 9. The van der Waals surface area contributed by atoms with Crippen molar-refractivity contribution in [3.05, 3.63) is 32.6 Å². The topological polar surface area (TPSA) is 146 Å². The highest BCUT2D eigenvalue weighted by atomic mass is 32.2. The highest BCUT2D eigenvalue weighted by Gasteiger charge is 2.39. The highest BCUT2D eigenvalue weighted by Crippen LogP contribution is 2.32. The van der Waals surface area contributed by atoms with Crippen LogP contribution in [0.1, 0.15) is 32.1 Å². The van der Waals surface area contributed by atoms with E-state index in [-0.39, 0.29) is 18.1 Å². The maximum Gasteiger partial charge on any atom is 0.330 e. The lowest BCUT2D eigenvalue weighted by molar-refractivity contribution is -0.148. The molecule has 1 aliphatic rings. The van der Waals surface area contributed by atoms with E-state index >= 15 is 0 Å². The number of aromatic amines is 1.